The molecule has 1 rings (SSSR count). The minimum atomic E-state index is -5.17. The number of benzene rings is 1. The number of hydrogen-bond acceptors (Lipinski definition) is 3. The van der Waals surface area contributed by atoms with Crippen LogP contribution in [-0.2, 0) is 14.3 Å². The summed E-state index contributed by atoms with van der Waals surface area (Å²) in [6.07, 6.45) is -4.97. The van der Waals surface area contributed by atoms with Crippen molar-refractivity contribution in [2.24, 2.45) is 0 Å². The van der Waals surface area contributed by atoms with Crippen LogP contribution in [-0.4, -0.2) is 21.2 Å². The van der Waals surface area contributed by atoms with Crippen molar-refractivity contribution in [3.05, 3.63) is 29.6 Å². The second kappa shape index (κ2) is 4.76. The summed E-state index contributed by atoms with van der Waals surface area (Å²) < 4.78 is 99.1. The smallest absolute Gasteiger partial charge is 0.257 e. The van der Waals surface area contributed by atoms with Gasteiger partial charge in [-0.1, -0.05) is 0 Å². The van der Waals surface area contributed by atoms with Crippen LogP contribution in [0.3, 0.4) is 0 Å². The average Bonchev–Trinajstić information content (AvgIpc) is 2.22. The van der Waals surface area contributed by atoms with Gasteiger partial charge in [-0.3, -0.25) is 4.18 Å². The molecule has 0 aliphatic rings. The Kier molecular flexibility index (Phi) is 3.91. The first kappa shape index (κ1) is 14.8. The van der Waals surface area contributed by atoms with E-state index < -0.39 is 45.2 Å². The van der Waals surface area contributed by atoms with Crippen LogP contribution in [0.5, 0.6) is 0 Å². The van der Waals surface area contributed by atoms with Gasteiger partial charge in [-0.15, -0.1) is 0 Å². The Morgan fingerprint density at radius 1 is 1.06 bits per heavy atom. The predicted molar refractivity (Wildman–Crippen MR) is 45.5 cm³/mol. The third-order valence-electron chi connectivity index (χ3n) is 1.65. The van der Waals surface area contributed by atoms with Crippen LogP contribution in [0.2, 0.25) is 0 Å². The lowest BCUT2D eigenvalue weighted by atomic mass is 10.3. The van der Waals surface area contributed by atoms with Crippen molar-refractivity contribution in [1.29, 1.82) is 0 Å². The second-order valence-corrected chi connectivity index (χ2v) is 4.59. The Hall–Kier alpha value is -1.29. The average molecular weight is 294 g/mol. The monoisotopic (exact) mass is 294 g/mol. The number of halogens is 6. The van der Waals surface area contributed by atoms with E-state index in [1.54, 1.807) is 0 Å². The quantitative estimate of drug-likeness (QED) is 0.488. The van der Waals surface area contributed by atoms with Gasteiger partial charge in [0.25, 0.3) is 10.1 Å². The van der Waals surface area contributed by atoms with E-state index in [4.69, 9.17) is 0 Å². The van der Waals surface area contributed by atoms with E-state index in [0.717, 1.165) is 0 Å². The molecule has 102 valence electrons. The zero-order valence-corrected chi connectivity index (χ0v) is 9.08. The van der Waals surface area contributed by atoms with E-state index in [1.165, 1.54) is 0 Å². The van der Waals surface area contributed by atoms with E-state index in [-0.39, 0.29) is 12.1 Å². The normalized spacial score (nSPS) is 12.8. The van der Waals surface area contributed by atoms with Crippen LogP contribution < -0.4 is 0 Å². The second-order valence-electron chi connectivity index (χ2n) is 3.00. The van der Waals surface area contributed by atoms with Crippen molar-refractivity contribution < 1.29 is 38.9 Å². The van der Waals surface area contributed by atoms with Crippen LogP contribution in [0.15, 0.2) is 17.0 Å². The van der Waals surface area contributed by atoms with Gasteiger partial charge < -0.3 is 0 Å². The molecular weight excluding hydrogens is 290 g/mol. The standard InChI is InChI=1S/C8H4F6O3S/c9-4-1-2-5(7(11)6(4)10)18(15,16)17-3-8(12,13)14/h1-2H,3H2. The summed E-state index contributed by atoms with van der Waals surface area (Å²) in [4.78, 5) is -1.51. The zero-order valence-electron chi connectivity index (χ0n) is 8.26. The minimum Gasteiger partial charge on any atom is -0.257 e. The van der Waals surface area contributed by atoms with Crippen LogP contribution in [0.4, 0.5) is 26.3 Å². The molecule has 0 heterocycles. The molecule has 18 heavy (non-hydrogen) atoms. The maximum Gasteiger partial charge on any atom is 0.413 e. The molecule has 0 unspecified atom stereocenters. The number of rotatable bonds is 3. The highest BCUT2D eigenvalue weighted by Crippen LogP contribution is 2.23. The molecule has 0 aromatic heterocycles. The molecule has 0 amide bonds. The highest BCUT2D eigenvalue weighted by molar-refractivity contribution is 7.86. The first-order valence-corrected chi connectivity index (χ1v) is 5.55. The Morgan fingerprint density at radius 2 is 1.61 bits per heavy atom. The summed E-state index contributed by atoms with van der Waals surface area (Å²) in [6.45, 7) is -2.20. The third-order valence-corrected chi connectivity index (χ3v) is 2.93. The van der Waals surface area contributed by atoms with Gasteiger partial charge in [-0.25, -0.2) is 13.2 Å². The first-order valence-electron chi connectivity index (χ1n) is 4.14. The number of alkyl halides is 3. The first-order chi connectivity index (χ1) is 8.04. The van der Waals surface area contributed by atoms with Gasteiger partial charge >= 0.3 is 6.18 Å². The van der Waals surface area contributed by atoms with Crippen LogP contribution in [0.25, 0.3) is 0 Å². The summed E-state index contributed by atoms with van der Waals surface area (Å²) in [5.74, 6) is -5.94. The Morgan fingerprint density at radius 3 is 2.11 bits per heavy atom. The van der Waals surface area contributed by atoms with Crippen molar-refractivity contribution in [2.75, 3.05) is 6.61 Å². The lowest BCUT2D eigenvalue weighted by Crippen LogP contribution is -2.21. The molecule has 0 radical (unpaired) electrons. The fourth-order valence-electron chi connectivity index (χ4n) is 0.909. The van der Waals surface area contributed by atoms with Gasteiger partial charge in [0.2, 0.25) is 0 Å². The molecule has 1 aromatic rings. The maximum absolute atomic E-state index is 13.0. The molecule has 0 atom stereocenters. The van der Waals surface area contributed by atoms with Gasteiger partial charge in [0.15, 0.2) is 24.1 Å². The Bertz CT molecular complexity index is 551. The summed E-state index contributed by atoms with van der Waals surface area (Å²) in [5.41, 5.74) is 0. The van der Waals surface area contributed by atoms with E-state index in [2.05, 4.69) is 4.18 Å². The van der Waals surface area contributed by atoms with Gasteiger partial charge in [-0.05, 0) is 12.1 Å². The topological polar surface area (TPSA) is 43.4 Å². The van der Waals surface area contributed by atoms with Gasteiger partial charge in [0.05, 0.1) is 0 Å². The minimum absolute atomic E-state index is 0.252. The molecule has 1 aromatic carbocycles. The van der Waals surface area contributed by atoms with Gasteiger partial charge in [0, 0.05) is 0 Å². The molecule has 0 aliphatic heterocycles. The molecular formula is C8H4F6O3S. The molecule has 0 bridgehead atoms. The molecule has 3 nitrogen and oxygen atoms in total. The summed E-state index contributed by atoms with van der Waals surface area (Å²) in [5, 5.41) is 0. The molecule has 0 saturated heterocycles. The van der Waals surface area contributed by atoms with Gasteiger partial charge in [-0.2, -0.15) is 21.6 Å². The zero-order chi connectivity index (χ0) is 14.1. The van der Waals surface area contributed by atoms with E-state index in [1.807, 2.05) is 0 Å². The largest absolute Gasteiger partial charge is 0.413 e. The van der Waals surface area contributed by atoms with Crippen LogP contribution in [0, 0.1) is 17.5 Å². The van der Waals surface area contributed by atoms with Gasteiger partial charge in [0.1, 0.15) is 4.90 Å². The van der Waals surface area contributed by atoms with Crippen molar-refractivity contribution in [2.45, 2.75) is 11.1 Å². The lowest BCUT2D eigenvalue weighted by Gasteiger charge is -2.09. The van der Waals surface area contributed by atoms with Crippen molar-refractivity contribution in [1.82, 2.24) is 0 Å². The number of hydrogen-bond donors (Lipinski definition) is 0. The van der Waals surface area contributed by atoms with Crippen molar-refractivity contribution in [3.63, 3.8) is 0 Å². The molecule has 10 heteroatoms. The SMILES string of the molecule is O=S(=O)(OCC(F)(F)F)c1ccc(F)c(F)c1F. The summed E-state index contributed by atoms with van der Waals surface area (Å²) in [6, 6.07) is 0.516. The fraction of sp³-hybridized carbons (Fsp3) is 0.250. The van der Waals surface area contributed by atoms with Crippen molar-refractivity contribution in [3.8, 4) is 0 Å². The highest BCUT2D eigenvalue weighted by atomic mass is 32.2. The molecule has 0 saturated carbocycles. The third kappa shape index (κ3) is 3.35. The Labute approximate surface area is 97.1 Å². The lowest BCUT2D eigenvalue weighted by molar-refractivity contribution is -0.152. The molecule has 0 fully saturated rings. The molecule has 0 aliphatic carbocycles. The summed E-state index contributed by atoms with van der Waals surface area (Å²) in [7, 11) is -5.17. The van der Waals surface area contributed by atoms with E-state index >= 15 is 0 Å². The van der Waals surface area contributed by atoms with E-state index in [9.17, 15) is 34.8 Å². The van der Waals surface area contributed by atoms with Crippen LogP contribution >= 0.6 is 0 Å². The van der Waals surface area contributed by atoms with E-state index in [0.29, 0.717) is 0 Å². The fourth-order valence-corrected chi connectivity index (χ4v) is 1.87. The van der Waals surface area contributed by atoms with Crippen LogP contribution in [0.1, 0.15) is 0 Å². The Balaban J connectivity index is 3.11. The predicted octanol–water partition coefficient (Wildman–Crippen LogP) is 2.37. The highest BCUT2D eigenvalue weighted by Gasteiger charge is 2.33. The molecule has 0 spiro atoms. The van der Waals surface area contributed by atoms with Crippen molar-refractivity contribution >= 4 is 10.1 Å². The molecule has 0 N–H and O–H groups in total. The maximum atomic E-state index is 13.0. The summed E-state index contributed by atoms with van der Waals surface area (Å²) >= 11 is 0.